The van der Waals surface area contributed by atoms with Gasteiger partial charge in [-0.05, 0) is 48.9 Å². The zero-order chi connectivity index (χ0) is 15.8. The molecule has 3 nitrogen and oxygen atoms in total. The van der Waals surface area contributed by atoms with Crippen LogP contribution in [0.2, 0.25) is 0 Å². The van der Waals surface area contributed by atoms with E-state index in [-0.39, 0.29) is 5.82 Å². The second-order valence-electron chi connectivity index (χ2n) is 5.03. The zero-order valence-electron chi connectivity index (χ0n) is 13.0. The van der Waals surface area contributed by atoms with Crippen molar-refractivity contribution in [2.75, 3.05) is 13.1 Å². The Morgan fingerprint density at radius 3 is 2.82 bits per heavy atom. The van der Waals surface area contributed by atoms with Crippen LogP contribution in [-0.2, 0) is 13.0 Å². The average molecular weight is 319 g/mol. The normalized spacial score (nSPS) is 11.5. The minimum absolute atomic E-state index is 0.177. The van der Waals surface area contributed by atoms with Crippen LogP contribution in [0.25, 0.3) is 0 Å². The summed E-state index contributed by atoms with van der Waals surface area (Å²) in [6, 6.07) is 9.44. The highest BCUT2D eigenvalue weighted by Gasteiger charge is 2.01. The highest BCUT2D eigenvalue weighted by atomic mass is 32.1. The zero-order valence-corrected chi connectivity index (χ0v) is 13.8. The minimum Gasteiger partial charge on any atom is -0.357 e. The van der Waals surface area contributed by atoms with E-state index in [0.717, 1.165) is 31.0 Å². The third kappa shape index (κ3) is 5.15. The molecule has 5 heteroatoms. The van der Waals surface area contributed by atoms with E-state index in [1.165, 1.54) is 4.88 Å². The Morgan fingerprint density at radius 2 is 2.14 bits per heavy atom. The lowest BCUT2D eigenvalue weighted by Crippen LogP contribution is -2.38. The summed E-state index contributed by atoms with van der Waals surface area (Å²) in [5, 5.41) is 8.60. The third-order valence-corrected chi connectivity index (χ3v) is 4.18. The van der Waals surface area contributed by atoms with Crippen molar-refractivity contribution in [3.05, 3.63) is 57.5 Å². The minimum atomic E-state index is -0.177. The van der Waals surface area contributed by atoms with Gasteiger partial charge < -0.3 is 10.6 Å². The van der Waals surface area contributed by atoms with E-state index in [1.807, 2.05) is 13.0 Å². The predicted octanol–water partition coefficient (Wildman–Crippen LogP) is 3.49. The molecule has 1 aromatic carbocycles. The highest BCUT2D eigenvalue weighted by Crippen LogP contribution is 2.10. The van der Waals surface area contributed by atoms with Gasteiger partial charge in [0.2, 0.25) is 0 Å². The molecule has 0 aliphatic rings. The molecule has 0 unspecified atom stereocenters. The standard InChI is InChI=1S/C17H22FN3S/c1-3-19-17(20-9-8-15-5-4-10-22-15)21-12-14-7-6-13(2)16(18)11-14/h4-7,10-11H,3,8-9,12H2,1-2H3,(H2,19,20,21). The van der Waals surface area contributed by atoms with Gasteiger partial charge in [-0.2, -0.15) is 0 Å². The number of hydrogen-bond acceptors (Lipinski definition) is 2. The van der Waals surface area contributed by atoms with Gasteiger partial charge in [0, 0.05) is 18.0 Å². The number of benzene rings is 1. The van der Waals surface area contributed by atoms with Crippen LogP contribution in [0.15, 0.2) is 40.7 Å². The number of nitrogens with one attached hydrogen (secondary N) is 2. The number of nitrogens with zero attached hydrogens (tertiary/aromatic N) is 1. The lowest BCUT2D eigenvalue weighted by atomic mass is 10.1. The van der Waals surface area contributed by atoms with Crippen molar-refractivity contribution in [2.45, 2.75) is 26.8 Å². The van der Waals surface area contributed by atoms with Crippen molar-refractivity contribution in [3.8, 4) is 0 Å². The molecule has 118 valence electrons. The molecule has 0 bridgehead atoms. The number of aliphatic imine (C=N–C) groups is 1. The summed E-state index contributed by atoms with van der Waals surface area (Å²) >= 11 is 1.76. The number of aryl methyl sites for hydroxylation is 1. The summed E-state index contributed by atoms with van der Waals surface area (Å²) in [6.45, 7) is 5.88. The van der Waals surface area contributed by atoms with E-state index in [1.54, 1.807) is 30.4 Å². The fourth-order valence-corrected chi connectivity index (χ4v) is 2.71. The molecule has 0 fully saturated rings. The Bertz CT molecular complexity index is 608. The van der Waals surface area contributed by atoms with Gasteiger partial charge >= 0.3 is 0 Å². The van der Waals surface area contributed by atoms with Crippen LogP contribution in [0.3, 0.4) is 0 Å². The summed E-state index contributed by atoms with van der Waals surface area (Å²) in [6.07, 6.45) is 0.973. The molecule has 0 atom stereocenters. The maximum atomic E-state index is 13.5. The third-order valence-electron chi connectivity index (χ3n) is 3.24. The van der Waals surface area contributed by atoms with E-state index in [0.29, 0.717) is 12.1 Å². The summed E-state index contributed by atoms with van der Waals surface area (Å²) in [4.78, 5) is 5.86. The van der Waals surface area contributed by atoms with Gasteiger partial charge in [-0.15, -0.1) is 11.3 Å². The van der Waals surface area contributed by atoms with Crippen molar-refractivity contribution in [2.24, 2.45) is 4.99 Å². The van der Waals surface area contributed by atoms with Crippen molar-refractivity contribution in [1.29, 1.82) is 0 Å². The highest BCUT2D eigenvalue weighted by molar-refractivity contribution is 7.09. The van der Waals surface area contributed by atoms with E-state index in [9.17, 15) is 4.39 Å². The molecule has 2 N–H and O–H groups in total. The monoisotopic (exact) mass is 319 g/mol. The number of halogens is 1. The van der Waals surface area contributed by atoms with E-state index >= 15 is 0 Å². The van der Waals surface area contributed by atoms with Crippen LogP contribution in [0, 0.1) is 12.7 Å². The Morgan fingerprint density at radius 1 is 1.27 bits per heavy atom. The molecule has 1 aromatic heterocycles. The molecule has 0 aliphatic carbocycles. The molecule has 0 aliphatic heterocycles. The van der Waals surface area contributed by atoms with E-state index in [4.69, 9.17) is 0 Å². The first-order valence-electron chi connectivity index (χ1n) is 7.48. The quantitative estimate of drug-likeness (QED) is 0.631. The molecule has 22 heavy (non-hydrogen) atoms. The summed E-state index contributed by atoms with van der Waals surface area (Å²) in [7, 11) is 0. The van der Waals surface area contributed by atoms with Gasteiger partial charge in [0.25, 0.3) is 0 Å². The van der Waals surface area contributed by atoms with Gasteiger partial charge in [0.15, 0.2) is 5.96 Å². The molecule has 0 radical (unpaired) electrons. The van der Waals surface area contributed by atoms with Crippen LogP contribution in [-0.4, -0.2) is 19.0 Å². The molecular weight excluding hydrogens is 297 g/mol. The summed E-state index contributed by atoms with van der Waals surface area (Å²) < 4.78 is 13.5. The number of rotatable bonds is 6. The first-order valence-corrected chi connectivity index (χ1v) is 8.36. The second kappa shape index (κ2) is 8.54. The van der Waals surface area contributed by atoms with Gasteiger partial charge in [0.05, 0.1) is 6.54 Å². The fourth-order valence-electron chi connectivity index (χ4n) is 2.01. The molecule has 0 saturated heterocycles. The van der Waals surface area contributed by atoms with Gasteiger partial charge in [-0.1, -0.05) is 18.2 Å². The number of thiophene rings is 1. The van der Waals surface area contributed by atoms with Gasteiger partial charge in [0.1, 0.15) is 5.82 Å². The van der Waals surface area contributed by atoms with Crippen LogP contribution in [0.5, 0.6) is 0 Å². The molecule has 1 heterocycles. The summed E-state index contributed by atoms with van der Waals surface area (Å²) in [5.41, 5.74) is 1.53. The van der Waals surface area contributed by atoms with Crippen LogP contribution < -0.4 is 10.6 Å². The number of guanidine groups is 1. The van der Waals surface area contributed by atoms with E-state index < -0.39 is 0 Å². The smallest absolute Gasteiger partial charge is 0.191 e. The maximum absolute atomic E-state index is 13.5. The average Bonchev–Trinajstić information content (AvgIpc) is 3.01. The maximum Gasteiger partial charge on any atom is 0.191 e. The molecular formula is C17H22FN3S. The second-order valence-corrected chi connectivity index (χ2v) is 6.07. The Balaban J connectivity index is 1.89. The van der Waals surface area contributed by atoms with E-state index in [2.05, 4.69) is 33.1 Å². The largest absolute Gasteiger partial charge is 0.357 e. The lowest BCUT2D eigenvalue weighted by Gasteiger charge is -2.11. The molecule has 0 saturated carbocycles. The van der Waals surface area contributed by atoms with Crippen LogP contribution in [0.1, 0.15) is 22.9 Å². The predicted molar refractivity (Wildman–Crippen MR) is 92.0 cm³/mol. The first-order chi connectivity index (χ1) is 10.7. The Hall–Kier alpha value is -1.88. The molecule has 2 aromatic rings. The van der Waals surface area contributed by atoms with Crippen molar-refractivity contribution in [3.63, 3.8) is 0 Å². The van der Waals surface area contributed by atoms with Crippen LogP contribution in [0.4, 0.5) is 4.39 Å². The molecule has 2 rings (SSSR count). The van der Waals surface area contributed by atoms with Gasteiger partial charge in [-0.3, -0.25) is 0 Å². The molecule has 0 spiro atoms. The number of hydrogen-bond donors (Lipinski definition) is 2. The van der Waals surface area contributed by atoms with Crippen LogP contribution >= 0.6 is 11.3 Å². The topological polar surface area (TPSA) is 36.4 Å². The Labute approximate surface area is 135 Å². The SMILES string of the molecule is CCNC(=NCc1ccc(C)c(F)c1)NCCc1cccs1. The lowest BCUT2D eigenvalue weighted by molar-refractivity contribution is 0.616. The summed E-state index contributed by atoms with van der Waals surface area (Å²) in [5.74, 6) is 0.586. The molecule has 0 amide bonds. The Kier molecular flexibility index (Phi) is 6.40. The fraction of sp³-hybridized carbons (Fsp3) is 0.353. The van der Waals surface area contributed by atoms with Crippen molar-refractivity contribution >= 4 is 17.3 Å². The van der Waals surface area contributed by atoms with Crippen molar-refractivity contribution < 1.29 is 4.39 Å². The van der Waals surface area contributed by atoms with Crippen molar-refractivity contribution in [1.82, 2.24) is 10.6 Å². The first kappa shape index (κ1) is 16.5. The van der Waals surface area contributed by atoms with Gasteiger partial charge in [-0.25, -0.2) is 9.38 Å².